The van der Waals surface area contributed by atoms with Gasteiger partial charge in [0.15, 0.2) is 0 Å². The molecule has 1 fully saturated rings. The average molecular weight is 336 g/mol. The van der Waals surface area contributed by atoms with Crippen LogP contribution in [0.2, 0.25) is 0 Å². The standard InChI is InChI=1S/C17H16N6O2/c18-5-3-14(24)22-7-1-2-11(10-22)23-15(25)9-20-13-8-21-17-12(16(13)23)4-6-19-17/h4,6,8-9,11H,1-3,7,10H2,(H,19,21). The number of nitrogens with zero attached hydrogens (tertiary/aromatic N) is 5. The Labute approximate surface area is 142 Å². The number of likely N-dealkylation sites (tertiary alicyclic amines) is 1. The molecule has 0 aromatic carbocycles. The molecule has 0 saturated carbocycles. The minimum atomic E-state index is -0.194. The predicted octanol–water partition coefficient (Wildman–Crippen LogP) is 1.35. The molecule has 126 valence electrons. The lowest BCUT2D eigenvalue weighted by molar-refractivity contribution is -0.131. The number of hydrogen-bond donors (Lipinski definition) is 1. The Hall–Kier alpha value is -3.21. The van der Waals surface area contributed by atoms with Gasteiger partial charge >= 0.3 is 0 Å². The average Bonchev–Trinajstić information content (AvgIpc) is 3.11. The van der Waals surface area contributed by atoms with E-state index in [4.69, 9.17) is 5.26 Å². The molecule has 1 unspecified atom stereocenters. The molecule has 0 aliphatic carbocycles. The van der Waals surface area contributed by atoms with Crippen LogP contribution in [0.25, 0.3) is 22.1 Å². The molecule has 1 saturated heterocycles. The molecule has 1 aliphatic rings. The largest absolute Gasteiger partial charge is 0.346 e. The summed E-state index contributed by atoms with van der Waals surface area (Å²) in [5, 5.41) is 9.60. The fourth-order valence-corrected chi connectivity index (χ4v) is 3.56. The van der Waals surface area contributed by atoms with Crippen LogP contribution in [0.3, 0.4) is 0 Å². The molecule has 0 spiro atoms. The van der Waals surface area contributed by atoms with Crippen molar-refractivity contribution in [1.29, 1.82) is 5.26 Å². The van der Waals surface area contributed by atoms with Crippen LogP contribution in [-0.2, 0) is 4.79 Å². The minimum absolute atomic E-state index is 0.134. The number of aromatic nitrogens is 4. The van der Waals surface area contributed by atoms with Gasteiger partial charge in [0.2, 0.25) is 5.91 Å². The normalized spacial score (nSPS) is 17.7. The van der Waals surface area contributed by atoms with Crippen LogP contribution in [0.15, 0.2) is 29.5 Å². The summed E-state index contributed by atoms with van der Waals surface area (Å²) < 4.78 is 1.73. The molecule has 1 amide bonds. The molecular formula is C17H16N6O2. The molecule has 8 nitrogen and oxygen atoms in total. The van der Waals surface area contributed by atoms with Gasteiger partial charge < -0.3 is 9.88 Å². The van der Waals surface area contributed by atoms with E-state index in [9.17, 15) is 9.59 Å². The molecule has 1 atom stereocenters. The van der Waals surface area contributed by atoms with Crippen molar-refractivity contribution in [2.45, 2.75) is 25.3 Å². The quantitative estimate of drug-likeness (QED) is 0.760. The van der Waals surface area contributed by atoms with E-state index in [-0.39, 0.29) is 23.9 Å². The van der Waals surface area contributed by atoms with E-state index in [1.165, 1.54) is 6.20 Å². The highest BCUT2D eigenvalue weighted by Gasteiger charge is 2.27. The summed E-state index contributed by atoms with van der Waals surface area (Å²) in [7, 11) is 0. The predicted molar refractivity (Wildman–Crippen MR) is 90.7 cm³/mol. The number of carbonyl (C=O) groups is 1. The van der Waals surface area contributed by atoms with Gasteiger partial charge in [-0.05, 0) is 18.9 Å². The van der Waals surface area contributed by atoms with Crippen LogP contribution in [0.5, 0.6) is 0 Å². The summed E-state index contributed by atoms with van der Waals surface area (Å²) in [5.74, 6) is -0.188. The second kappa shape index (κ2) is 6.02. The molecular weight excluding hydrogens is 320 g/mol. The Kier molecular flexibility index (Phi) is 3.69. The Bertz CT molecular complexity index is 1060. The highest BCUT2D eigenvalue weighted by Crippen LogP contribution is 2.27. The van der Waals surface area contributed by atoms with E-state index in [0.29, 0.717) is 24.3 Å². The van der Waals surface area contributed by atoms with Crippen molar-refractivity contribution in [3.63, 3.8) is 0 Å². The fourth-order valence-electron chi connectivity index (χ4n) is 3.56. The first-order chi connectivity index (χ1) is 12.2. The van der Waals surface area contributed by atoms with Crippen LogP contribution in [-0.4, -0.2) is 43.4 Å². The van der Waals surface area contributed by atoms with Crippen LogP contribution in [0.1, 0.15) is 25.3 Å². The van der Waals surface area contributed by atoms with Crippen molar-refractivity contribution in [3.8, 4) is 6.07 Å². The first kappa shape index (κ1) is 15.3. The monoisotopic (exact) mass is 336 g/mol. The second-order valence-electron chi connectivity index (χ2n) is 6.17. The van der Waals surface area contributed by atoms with Crippen molar-refractivity contribution in [2.24, 2.45) is 0 Å². The Morgan fingerprint density at radius 2 is 2.28 bits per heavy atom. The number of pyridine rings is 1. The number of aromatic amines is 1. The molecule has 8 heteroatoms. The maximum atomic E-state index is 12.6. The number of piperidine rings is 1. The number of nitriles is 1. The number of fused-ring (bicyclic) bond motifs is 3. The Balaban J connectivity index is 1.84. The Morgan fingerprint density at radius 3 is 3.12 bits per heavy atom. The molecule has 1 aliphatic heterocycles. The van der Waals surface area contributed by atoms with Crippen LogP contribution in [0.4, 0.5) is 0 Å². The lowest BCUT2D eigenvalue weighted by Crippen LogP contribution is -2.42. The smallest absolute Gasteiger partial charge is 0.269 e. The van der Waals surface area contributed by atoms with Gasteiger partial charge in [-0.2, -0.15) is 5.26 Å². The molecule has 25 heavy (non-hydrogen) atoms. The summed E-state index contributed by atoms with van der Waals surface area (Å²) in [5.41, 5.74) is 1.88. The molecule has 1 N–H and O–H groups in total. The number of hydrogen-bond acceptors (Lipinski definition) is 5. The van der Waals surface area contributed by atoms with Gasteiger partial charge in [-0.15, -0.1) is 0 Å². The number of carbonyl (C=O) groups excluding carboxylic acids is 1. The summed E-state index contributed by atoms with van der Waals surface area (Å²) in [6.45, 7) is 1.05. The fraction of sp³-hybridized carbons (Fsp3) is 0.353. The third-order valence-electron chi connectivity index (χ3n) is 4.68. The zero-order chi connectivity index (χ0) is 17.4. The number of amides is 1. The summed E-state index contributed by atoms with van der Waals surface area (Å²) in [6, 6.07) is 3.63. The first-order valence-corrected chi connectivity index (χ1v) is 8.17. The van der Waals surface area contributed by atoms with E-state index in [1.54, 1.807) is 21.9 Å². The third kappa shape index (κ3) is 2.54. The van der Waals surface area contributed by atoms with E-state index < -0.39 is 0 Å². The molecule has 4 heterocycles. The van der Waals surface area contributed by atoms with Crippen molar-refractivity contribution < 1.29 is 4.79 Å². The van der Waals surface area contributed by atoms with Gasteiger partial charge in [-0.3, -0.25) is 14.2 Å². The van der Waals surface area contributed by atoms with Gasteiger partial charge in [0.1, 0.15) is 17.6 Å². The minimum Gasteiger partial charge on any atom is -0.346 e. The van der Waals surface area contributed by atoms with Gasteiger partial charge in [-0.1, -0.05) is 0 Å². The molecule has 3 aromatic rings. The van der Waals surface area contributed by atoms with Gasteiger partial charge in [0, 0.05) is 24.7 Å². The van der Waals surface area contributed by atoms with E-state index in [1.807, 2.05) is 12.1 Å². The molecule has 0 bridgehead atoms. The first-order valence-electron chi connectivity index (χ1n) is 8.17. The molecule has 0 radical (unpaired) electrons. The van der Waals surface area contributed by atoms with E-state index in [0.717, 1.165) is 23.7 Å². The molecule has 4 rings (SSSR count). The Morgan fingerprint density at radius 1 is 1.40 bits per heavy atom. The van der Waals surface area contributed by atoms with Gasteiger partial charge in [0.05, 0.1) is 30.0 Å². The van der Waals surface area contributed by atoms with Crippen LogP contribution >= 0.6 is 0 Å². The zero-order valence-corrected chi connectivity index (χ0v) is 13.5. The second-order valence-corrected chi connectivity index (χ2v) is 6.17. The lowest BCUT2D eigenvalue weighted by atomic mass is 10.0. The maximum absolute atomic E-state index is 12.6. The van der Waals surface area contributed by atoms with Crippen molar-refractivity contribution in [3.05, 3.63) is 35.0 Å². The van der Waals surface area contributed by atoms with Gasteiger partial charge in [0.25, 0.3) is 5.56 Å². The van der Waals surface area contributed by atoms with E-state index in [2.05, 4.69) is 15.0 Å². The lowest BCUT2D eigenvalue weighted by Gasteiger charge is -2.34. The number of H-pyrrole nitrogens is 1. The SMILES string of the molecule is N#CCC(=O)N1CCCC(n2c(=O)cnc3cnc4[nH]ccc4c32)C1. The van der Waals surface area contributed by atoms with Crippen molar-refractivity contribution in [1.82, 2.24) is 24.4 Å². The third-order valence-corrected chi connectivity index (χ3v) is 4.68. The van der Waals surface area contributed by atoms with Crippen molar-refractivity contribution >= 4 is 28.0 Å². The van der Waals surface area contributed by atoms with Gasteiger partial charge in [-0.25, -0.2) is 9.97 Å². The maximum Gasteiger partial charge on any atom is 0.269 e. The molecule has 3 aromatic heterocycles. The van der Waals surface area contributed by atoms with E-state index >= 15 is 0 Å². The number of nitrogens with one attached hydrogen (secondary N) is 1. The summed E-state index contributed by atoms with van der Waals surface area (Å²) >= 11 is 0. The topological polar surface area (TPSA) is 108 Å². The summed E-state index contributed by atoms with van der Waals surface area (Å²) in [6.07, 6.45) is 6.18. The zero-order valence-electron chi connectivity index (χ0n) is 13.5. The van der Waals surface area contributed by atoms with Crippen LogP contribution in [0, 0.1) is 11.3 Å². The highest BCUT2D eigenvalue weighted by atomic mass is 16.2. The highest BCUT2D eigenvalue weighted by molar-refractivity contribution is 6.00. The van der Waals surface area contributed by atoms with Crippen LogP contribution < -0.4 is 5.56 Å². The number of rotatable bonds is 2. The van der Waals surface area contributed by atoms with Crippen molar-refractivity contribution in [2.75, 3.05) is 13.1 Å². The summed E-state index contributed by atoms with van der Waals surface area (Å²) in [4.78, 5) is 38.0.